The Balaban J connectivity index is 1.70. The van der Waals surface area contributed by atoms with Gasteiger partial charge in [-0.3, -0.25) is 9.88 Å². The summed E-state index contributed by atoms with van der Waals surface area (Å²) >= 11 is 0. The molecule has 2 aromatic heterocycles. The molecule has 0 unspecified atom stereocenters. The van der Waals surface area contributed by atoms with E-state index in [1.807, 2.05) is 25.1 Å². The number of pyridine rings is 1. The molecule has 1 atom stereocenters. The molecule has 23 heavy (non-hydrogen) atoms. The summed E-state index contributed by atoms with van der Waals surface area (Å²) in [6.07, 6.45) is 6.02. The minimum absolute atomic E-state index is 0.0977. The summed E-state index contributed by atoms with van der Waals surface area (Å²) in [6.45, 7) is 3.52. The Bertz CT molecular complexity index is 747. The van der Waals surface area contributed by atoms with Gasteiger partial charge in [0, 0.05) is 36.7 Å². The summed E-state index contributed by atoms with van der Waals surface area (Å²) in [4.78, 5) is 15.2. The fourth-order valence-electron chi connectivity index (χ4n) is 2.86. The second-order valence-corrected chi connectivity index (χ2v) is 7.98. The first kappa shape index (κ1) is 16.0. The molecule has 0 radical (unpaired) electrons. The molecule has 122 valence electrons. The molecule has 1 saturated heterocycles. The number of aromatic nitrogens is 3. The molecule has 0 aromatic carbocycles. The van der Waals surface area contributed by atoms with E-state index in [4.69, 9.17) is 0 Å². The molecule has 1 aliphatic rings. The molecule has 3 heterocycles. The quantitative estimate of drug-likeness (QED) is 0.827. The fourth-order valence-corrected chi connectivity index (χ4v) is 4.62. The molecule has 1 aliphatic heterocycles. The van der Waals surface area contributed by atoms with E-state index in [0.717, 1.165) is 17.8 Å². The van der Waals surface area contributed by atoms with Crippen LogP contribution in [0.2, 0.25) is 0 Å². The van der Waals surface area contributed by atoms with Crippen molar-refractivity contribution in [1.82, 2.24) is 19.9 Å². The highest BCUT2D eigenvalue weighted by atomic mass is 32.2. The van der Waals surface area contributed by atoms with Crippen LogP contribution in [-0.2, 0) is 16.4 Å². The Morgan fingerprint density at radius 3 is 2.57 bits per heavy atom. The monoisotopic (exact) mass is 332 g/mol. The van der Waals surface area contributed by atoms with Gasteiger partial charge in [-0.2, -0.15) is 0 Å². The fraction of sp³-hybridized carbons (Fsp3) is 0.438. The summed E-state index contributed by atoms with van der Waals surface area (Å²) in [7, 11) is -2.87. The van der Waals surface area contributed by atoms with E-state index in [9.17, 15) is 8.42 Å². The molecule has 0 amide bonds. The zero-order chi connectivity index (χ0) is 16.3. The second-order valence-electron chi connectivity index (χ2n) is 5.75. The van der Waals surface area contributed by atoms with E-state index in [0.29, 0.717) is 24.5 Å². The van der Waals surface area contributed by atoms with Gasteiger partial charge in [0.15, 0.2) is 15.7 Å². The maximum Gasteiger partial charge on any atom is 0.178 e. The molecule has 2 aromatic rings. The smallest absolute Gasteiger partial charge is 0.178 e. The Labute approximate surface area is 136 Å². The first-order valence-corrected chi connectivity index (χ1v) is 9.56. The van der Waals surface area contributed by atoms with Crippen molar-refractivity contribution in [3.05, 3.63) is 42.4 Å². The molecule has 1 fully saturated rings. The van der Waals surface area contributed by atoms with E-state index >= 15 is 0 Å². The van der Waals surface area contributed by atoms with Crippen molar-refractivity contribution < 1.29 is 8.42 Å². The van der Waals surface area contributed by atoms with Gasteiger partial charge in [0.25, 0.3) is 0 Å². The zero-order valence-electron chi connectivity index (χ0n) is 13.1. The Kier molecular flexibility index (Phi) is 4.68. The van der Waals surface area contributed by atoms with Crippen molar-refractivity contribution in [2.45, 2.75) is 25.9 Å². The van der Waals surface area contributed by atoms with Gasteiger partial charge in [-0.05, 0) is 25.1 Å². The first-order chi connectivity index (χ1) is 11.1. The van der Waals surface area contributed by atoms with Gasteiger partial charge in [-0.1, -0.05) is 13.0 Å². The summed E-state index contributed by atoms with van der Waals surface area (Å²) in [5, 5.41) is 0. The molecule has 0 aliphatic carbocycles. The maximum absolute atomic E-state index is 11.7. The van der Waals surface area contributed by atoms with Crippen LogP contribution in [0.25, 0.3) is 11.5 Å². The standard InChI is InChI=1S/C16H20N4O2S/c1-2-20(14-6-8-23(21,22)12-14)11-13-9-18-16(19-10-13)15-5-3-4-7-17-15/h3-5,7,9-10,14H,2,6,8,11-12H2,1H3/t14-/m1/s1. The van der Waals surface area contributed by atoms with Gasteiger partial charge in [0.1, 0.15) is 5.69 Å². The van der Waals surface area contributed by atoms with Crippen molar-refractivity contribution in [2.75, 3.05) is 18.1 Å². The van der Waals surface area contributed by atoms with Crippen LogP contribution >= 0.6 is 0 Å². The number of hydrogen-bond donors (Lipinski definition) is 0. The molecule has 6 nitrogen and oxygen atoms in total. The Morgan fingerprint density at radius 1 is 1.22 bits per heavy atom. The van der Waals surface area contributed by atoms with Crippen molar-refractivity contribution in [3.8, 4) is 11.5 Å². The summed E-state index contributed by atoms with van der Waals surface area (Å²) < 4.78 is 23.3. The van der Waals surface area contributed by atoms with Crippen LogP contribution in [0.1, 0.15) is 18.9 Å². The minimum Gasteiger partial charge on any atom is -0.295 e. The average Bonchev–Trinajstić information content (AvgIpc) is 2.94. The van der Waals surface area contributed by atoms with Crippen molar-refractivity contribution >= 4 is 9.84 Å². The Hall–Kier alpha value is -1.86. The van der Waals surface area contributed by atoms with Crippen LogP contribution in [0.3, 0.4) is 0 Å². The lowest BCUT2D eigenvalue weighted by Crippen LogP contribution is -2.35. The van der Waals surface area contributed by atoms with Crippen molar-refractivity contribution in [3.63, 3.8) is 0 Å². The van der Waals surface area contributed by atoms with Gasteiger partial charge < -0.3 is 0 Å². The molecule has 0 bridgehead atoms. The van der Waals surface area contributed by atoms with Gasteiger partial charge in [-0.15, -0.1) is 0 Å². The molecule has 3 rings (SSSR count). The third-order valence-corrected chi connectivity index (χ3v) is 5.87. The summed E-state index contributed by atoms with van der Waals surface area (Å²) in [6, 6.07) is 5.72. The molecule has 0 N–H and O–H groups in total. The van der Waals surface area contributed by atoms with Crippen LogP contribution in [0.15, 0.2) is 36.8 Å². The normalized spacial score (nSPS) is 20.0. The van der Waals surface area contributed by atoms with E-state index in [2.05, 4.69) is 19.9 Å². The molecule has 0 spiro atoms. The lowest BCUT2D eigenvalue weighted by atomic mass is 10.2. The van der Waals surface area contributed by atoms with Gasteiger partial charge in [0.05, 0.1) is 11.5 Å². The van der Waals surface area contributed by atoms with Gasteiger partial charge in [0.2, 0.25) is 0 Å². The van der Waals surface area contributed by atoms with Crippen LogP contribution in [0.4, 0.5) is 0 Å². The second kappa shape index (κ2) is 6.72. The first-order valence-electron chi connectivity index (χ1n) is 7.74. The number of sulfone groups is 1. The maximum atomic E-state index is 11.7. The predicted molar refractivity (Wildman–Crippen MR) is 88.4 cm³/mol. The zero-order valence-corrected chi connectivity index (χ0v) is 13.9. The average molecular weight is 332 g/mol. The lowest BCUT2D eigenvalue weighted by molar-refractivity contribution is 0.214. The summed E-state index contributed by atoms with van der Waals surface area (Å²) in [5.41, 5.74) is 1.73. The van der Waals surface area contributed by atoms with E-state index in [1.165, 1.54) is 0 Å². The number of hydrogen-bond acceptors (Lipinski definition) is 6. The predicted octanol–water partition coefficient (Wildman–Crippen LogP) is 1.55. The van der Waals surface area contributed by atoms with Gasteiger partial charge >= 0.3 is 0 Å². The minimum atomic E-state index is -2.87. The van der Waals surface area contributed by atoms with Crippen LogP contribution in [0, 0.1) is 0 Å². The largest absolute Gasteiger partial charge is 0.295 e. The highest BCUT2D eigenvalue weighted by Crippen LogP contribution is 2.20. The van der Waals surface area contributed by atoms with E-state index in [1.54, 1.807) is 18.6 Å². The number of rotatable bonds is 5. The van der Waals surface area contributed by atoms with E-state index < -0.39 is 9.84 Å². The number of nitrogens with zero attached hydrogens (tertiary/aromatic N) is 4. The van der Waals surface area contributed by atoms with Crippen molar-refractivity contribution in [2.24, 2.45) is 0 Å². The Morgan fingerprint density at radius 2 is 2.00 bits per heavy atom. The third-order valence-electron chi connectivity index (χ3n) is 4.12. The van der Waals surface area contributed by atoms with Crippen LogP contribution in [0.5, 0.6) is 0 Å². The topological polar surface area (TPSA) is 76.1 Å². The molecule has 7 heteroatoms. The van der Waals surface area contributed by atoms with Crippen molar-refractivity contribution in [1.29, 1.82) is 0 Å². The van der Waals surface area contributed by atoms with E-state index in [-0.39, 0.29) is 11.8 Å². The molecular weight excluding hydrogens is 312 g/mol. The highest BCUT2D eigenvalue weighted by Gasteiger charge is 2.31. The molecule has 0 saturated carbocycles. The van der Waals surface area contributed by atoms with Crippen LogP contribution < -0.4 is 0 Å². The van der Waals surface area contributed by atoms with Crippen LogP contribution in [-0.4, -0.2) is 52.4 Å². The third kappa shape index (κ3) is 3.92. The molecular formula is C16H20N4O2S. The SMILES string of the molecule is CCN(Cc1cnc(-c2ccccn2)nc1)[C@@H]1CCS(=O)(=O)C1. The van der Waals surface area contributed by atoms with Gasteiger partial charge in [-0.25, -0.2) is 18.4 Å². The summed E-state index contributed by atoms with van der Waals surface area (Å²) in [5.74, 6) is 1.15. The lowest BCUT2D eigenvalue weighted by Gasteiger charge is -2.26. The highest BCUT2D eigenvalue weighted by molar-refractivity contribution is 7.91.